The molecule has 0 atom stereocenters. The Hall–Kier alpha value is -2.68. The average Bonchev–Trinajstić information content (AvgIpc) is 2.45. The van der Waals surface area contributed by atoms with Gasteiger partial charge >= 0.3 is 5.97 Å². The van der Waals surface area contributed by atoms with Crippen LogP contribution in [0.25, 0.3) is 0 Å². The number of nitro groups is 1. The molecule has 0 aliphatic rings. The molecule has 9 nitrogen and oxygen atoms in total. The summed E-state index contributed by atoms with van der Waals surface area (Å²) in [5, 5.41) is 24.8. The monoisotopic (exact) mass is 297 g/mol. The third kappa shape index (κ3) is 5.07. The third-order valence-electron chi connectivity index (χ3n) is 2.51. The molecule has 1 aromatic rings. The molecule has 9 heteroatoms. The minimum atomic E-state index is -1.32. The first-order chi connectivity index (χ1) is 9.95. The molecule has 3 N–H and O–H groups in total. The summed E-state index contributed by atoms with van der Waals surface area (Å²) >= 11 is 0. The predicted octanol–water partition coefficient (Wildman–Crippen LogP) is 0.467. The van der Waals surface area contributed by atoms with Gasteiger partial charge in [0.1, 0.15) is 0 Å². The molecule has 0 unspecified atom stereocenters. The molecule has 0 bridgehead atoms. The standard InChI is InChI=1S/C12H15N3O6/c1-21-5-4-13-11(16)7-14-10-3-2-8(15(19)20)6-9(10)12(17)18/h2-3,6,14H,4-5,7H2,1H3,(H,13,16)(H,17,18). The van der Waals surface area contributed by atoms with E-state index in [1.807, 2.05) is 0 Å². The number of ether oxygens (including phenoxy) is 1. The molecule has 0 saturated carbocycles. The Balaban J connectivity index is 2.72. The Morgan fingerprint density at radius 2 is 2.14 bits per heavy atom. The second-order valence-electron chi connectivity index (χ2n) is 3.99. The summed E-state index contributed by atoms with van der Waals surface area (Å²) in [4.78, 5) is 32.5. The lowest BCUT2D eigenvalue weighted by molar-refractivity contribution is -0.384. The number of non-ortho nitro benzene ring substituents is 1. The van der Waals surface area contributed by atoms with Crippen LogP contribution < -0.4 is 10.6 Å². The van der Waals surface area contributed by atoms with Crippen LogP contribution in [0.1, 0.15) is 10.4 Å². The Labute approximate surface area is 120 Å². The molecule has 1 rings (SSSR count). The average molecular weight is 297 g/mol. The van der Waals surface area contributed by atoms with Crippen LogP contribution in [-0.4, -0.2) is 48.7 Å². The number of carboxylic acids is 1. The summed E-state index contributed by atoms with van der Waals surface area (Å²) in [6.07, 6.45) is 0. The van der Waals surface area contributed by atoms with Crippen LogP contribution in [0.3, 0.4) is 0 Å². The summed E-state index contributed by atoms with van der Waals surface area (Å²) in [6, 6.07) is 3.36. The summed E-state index contributed by atoms with van der Waals surface area (Å²) in [5.41, 5.74) is -0.466. The number of nitrogens with zero attached hydrogens (tertiary/aromatic N) is 1. The van der Waals surface area contributed by atoms with Crippen LogP contribution >= 0.6 is 0 Å². The van der Waals surface area contributed by atoms with E-state index in [0.29, 0.717) is 13.2 Å². The number of rotatable bonds is 8. The zero-order valence-corrected chi connectivity index (χ0v) is 11.3. The zero-order valence-electron chi connectivity index (χ0n) is 11.3. The number of aromatic carboxylic acids is 1. The van der Waals surface area contributed by atoms with Crippen LogP contribution in [0.4, 0.5) is 11.4 Å². The minimum absolute atomic E-state index is 0.134. The number of carbonyl (C=O) groups is 2. The molecular weight excluding hydrogens is 282 g/mol. The lowest BCUT2D eigenvalue weighted by atomic mass is 10.1. The maximum atomic E-state index is 11.5. The van der Waals surface area contributed by atoms with Gasteiger partial charge in [0.05, 0.1) is 23.6 Å². The van der Waals surface area contributed by atoms with Crippen molar-refractivity contribution in [2.75, 3.05) is 32.1 Å². The number of hydrogen-bond donors (Lipinski definition) is 3. The van der Waals surface area contributed by atoms with Gasteiger partial charge in [0.25, 0.3) is 5.69 Å². The molecular formula is C12H15N3O6. The highest BCUT2D eigenvalue weighted by Gasteiger charge is 2.16. The van der Waals surface area contributed by atoms with Crippen molar-refractivity contribution < 1.29 is 24.4 Å². The molecule has 1 amide bonds. The SMILES string of the molecule is COCCNC(=O)CNc1ccc([N+](=O)[O-])cc1C(=O)O. The topological polar surface area (TPSA) is 131 Å². The van der Waals surface area contributed by atoms with Gasteiger partial charge in [-0.2, -0.15) is 0 Å². The van der Waals surface area contributed by atoms with Gasteiger partial charge in [0, 0.05) is 31.5 Å². The quantitative estimate of drug-likeness (QED) is 0.361. The summed E-state index contributed by atoms with van der Waals surface area (Å²) < 4.78 is 4.76. The summed E-state index contributed by atoms with van der Waals surface area (Å²) in [6.45, 7) is 0.550. The van der Waals surface area contributed by atoms with Crippen molar-refractivity contribution in [1.29, 1.82) is 0 Å². The fourth-order valence-electron chi connectivity index (χ4n) is 1.51. The smallest absolute Gasteiger partial charge is 0.338 e. The molecule has 0 aliphatic carbocycles. The molecule has 0 aromatic heterocycles. The van der Waals surface area contributed by atoms with E-state index in [2.05, 4.69) is 10.6 Å². The van der Waals surface area contributed by atoms with E-state index >= 15 is 0 Å². The molecule has 0 radical (unpaired) electrons. The predicted molar refractivity (Wildman–Crippen MR) is 73.4 cm³/mol. The Morgan fingerprint density at radius 1 is 1.43 bits per heavy atom. The lowest BCUT2D eigenvalue weighted by Gasteiger charge is -2.09. The van der Waals surface area contributed by atoms with Crippen molar-refractivity contribution in [1.82, 2.24) is 5.32 Å². The normalized spacial score (nSPS) is 9.95. The van der Waals surface area contributed by atoms with E-state index in [-0.39, 0.29) is 29.4 Å². The van der Waals surface area contributed by atoms with E-state index in [1.165, 1.54) is 13.2 Å². The van der Waals surface area contributed by atoms with Crippen LogP contribution in [0.5, 0.6) is 0 Å². The fraction of sp³-hybridized carbons (Fsp3) is 0.333. The second kappa shape index (κ2) is 7.80. The number of carboxylic acid groups (broad SMARTS) is 1. The van der Waals surface area contributed by atoms with Crippen LogP contribution in [0, 0.1) is 10.1 Å². The van der Waals surface area contributed by atoms with Gasteiger partial charge in [-0.05, 0) is 6.07 Å². The van der Waals surface area contributed by atoms with Gasteiger partial charge in [-0.25, -0.2) is 4.79 Å². The van der Waals surface area contributed by atoms with Gasteiger partial charge in [0.15, 0.2) is 0 Å². The first kappa shape index (κ1) is 16.4. The number of nitrogens with one attached hydrogen (secondary N) is 2. The number of methoxy groups -OCH3 is 1. The van der Waals surface area contributed by atoms with Crippen LogP contribution in [-0.2, 0) is 9.53 Å². The minimum Gasteiger partial charge on any atom is -0.478 e. The Kier molecular flexibility index (Phi) is 6.08. The number of hydrogen-bond acceptors (Lipinski definition) is 6. The second-order valence-corrected chi connectivity index (χ2v) is 3.99. The molecule has 114 valence electrons. The number of amides is 1. The first-order valence-corrected chi connectivity index (χ1v) is 5.97. The van der Waals surface area contributed by atoms with Gasteiger partial charge in [-0.1, -0.05) is 0 Å². The molecule has 1 aromatic carbocycles. The van der Waals surface area contributed by atoms with Crippen molar-refractivity contribution >= 4 is 23.3 Å². The highest BCUT2D eigenvalue weighted by molar-refractivity contribution is 5.95. The van der Waals surface area contributed by atoms with E-state index in [1.54, 1.807) is 0 Å². The van der Waals surface area contributed by atoms with Crippen LogP contribution in [0.2, 0.25) is 0 Å². The number of benzene rings is 1. The van der Waals surface area contributed by atoms with E-state index < -0.39 is 10.9 Å². The number of carbonyl (C=O) groups excluding carboxylic acids is 1. The van der Waals surface area contributed by atoms with E-state index in [0.717, 1.165) is 12.1 Å². The summed E-state index contributed by atoms with van der Waals surface area (Å²) in [5.74, 6) is -1.66. The lowest BCUT2D eigenvalue weighted by Crippen LogP contribution is -2.32. The van der Waals surface area contributed by atoms with Crippen molar-refractivity contribution in [3.8, 4) is 0 Å². The van der Waals surface area contributed by atoms with Crippen molar-refractivity contribution in [3.63, 3.8) is 0 Å². The molecule has 0 aliphatic heterocycles. The van der Waals surface area contributed by atoms with Gasteiger partial charge in [-0.3, -0.25) is 14.9 Å². The molecule has 0 spiro atoms. The van der Waals surface area contributed by atoms with Gasteiger partial charge < -0.3 is 20.5 Å². The number of nitro benzene ring substituents is 1. The fourth-order valence-corrected chi connectivity index (χ4v) is 1.51. The molecule has 0 fully saturated rings. The van der Waals surface area contributed by atoms with Crippen molar-refractivity contribution in [3.05, 3.63) is 33.9 Å². The summed E-state index contributed by atoms with van der Waals surface area (Å²) in [7, 11) is 1.50. The Morgan fingerprint density at radius 3 is 2.71 bits per heavy atom. The molecule has 21 heavy (non-hydrogen) atoms. The zero-order chi connectivity index (χ0) is 15.8. The van der Waals surface area contributed by atoms with Gasteiger partial charge in [-0.15, -0.1) is 0 Å². The first-order valence-electron chi connectivity index (χ1n) is 5.97. The number of anilines is 1. The molecule has 0 heterocycles. The van der Waals surface area contributed by atoms with E-state index in [4.69, 9.17) is 9.84 Å². The Bertz CT molecular complexity index is 546. The van der Waals surface area contributed by atoms with Crippen molar-refractivity contribution in [2.45, 2.75) is 0 Å². The highest BCUT2D eigenvalue weighted by Crippen LogP contribution is 2.21. The van der Waals surface area contributed by atoms with Crippen LogP contribution in [0.15, 0.2) is 18.2 Å². The third-order valence-corrected chi connectivity index (χ3v) is 2.51. The largest absolute Gasteiger partial charge is 0.478 e. The highest BCUT2D eigenvalue weighted by atomic mass is 16.6. The molecule has 0 saturated heterocycles. The maximum absolute atomic E-state index is 11.5. The maximum Gasteiger partial charge on any atom is 0.338 e. The van der Waals surface area contributed by atoms with Gasteiger partial charge in [0.2, 0.25) is 5.91 Å². The van der Waals surface area contributed by atoms with E-state index in [9.17, 15) is 19.7 Å². The van der Waals surface area contributed by atoms with Crippen molar-refractivity contribution in [2.24, 2.45) is 0 Å².